The normalized spacial score (nSPS) is 14.7. The van der Waals surface area contributed by atoms with Crippen LogP contribution < -0.4 is 0 Å². The summed E-state index contributed by atoms with van der Waals surface area (Å²) in [6.07, 6.45) is 99.0. The molecule has 0 aliphatic heterocycles. The largest absolute Gasteiger partial charge is 0.472 e. The minimum Gasteiger partial charge on any atom is -0.462 e. The Balaban J connectivity index is 5.57. The van der Waals surface area contributed by atoms with Crippen molar-refractivity contribution in [1.82, 2.24) is 0 Å². The number of hydrogen-bond donors (Lipinski definition) is 3. The first-order chi connectivity index (χ1) is 53.7. The van der Waals surface area contributed by atoms with Crippen LogP contribution in [0.2, 0.25) is 0 Å². The molecule has 0 amide bonds. The maximum atomic E-state index is 13.1. The number of allylic oxidation sites excluding steroid dienone is 30. The van der Waals surface area contributed by atoms with Crippen molar-refractivity contribution in [3.63, 3.8) is 0 Å². The van der Waals surface area contributed by atoms with Gasteiger partial charge in [0.25, 0.3) is 0 Å². The van der Waals surface area contributed by atoms with E-state index in [0.29, 0.717) is 44.9 Å². The van der Waals surface area contributed by atoms with Crippen molar-refractivity contribution in [3.05, 3.63) is 182 Å². The van der Waals surface area contributed by atoms with E-state index < -0.39 is 97.5 Å². The van der Waals surface area contributed by atoms with Crippen LogP contribution >= 0.6 is 15.6 Å². The topological polar surface area (TPSA) is 237 Å². The summed E-state index contributed by atoms with van der Waals surface area (Å²) in [4.78, 5) is 73.1. The number of rotatable bonds is 77. The van der Waals surface area contributed by atoms with Gasteiger partial charge in [-0.15, -0.1) is 0 Å². The molecule has 0 fully saturated rings. The molecule has 624 valence electrons. The number of unbranched alkanes of at least 4 members (excludes halogenated alkanes) is 21. The third kappa shape index (κ3) is 80.2. The molecule has 3 N–H and O–H groups in total. The second-order valence-electron chi connectivity index (χ2n) is 27.3. The van der Waals surface area contributed by atoms with Crippen LogP contribution in [0.3, 0.4) is 0 Å². The maximum absolute atomic E-state index is 13.1. The molecule has 110 heavy (non-hydrogen) atoms. The molecule has 0 aromatic carbocycles. The number of phosphoric ester groups is 2. The van der Waals surface area contributed by atoms with Crippen molar-refractivity contribution >= 4 is 39.5 Å². The zero-order valence-electron chi connectivity index (χ0n) is 68.4. The third-order valence-corrected chi connectivity index (χ3v) is 18.7. The third-order valence-electron chi connectivity index (χ3n) is 16.8. The molecule has 0 aromatic rings. The average Bonchev–Trinajstić information content (AvgIpc) is 0.906. The number of phosphoric acid groups is 2. The molecule has 17 nitrogen and oxygen atoms in total. The van der Waals surface area contributed by atoms with Gasteiger partial charge in [-0.3, -0.25) is 37.3 Å². The lowest BCUT2D eigenvalue weighted by molar-refractivity contribution is -0.161. The van der Waals surface area contributed by atoms with Gasteiger partial charge in [0.05, 0.1) is 26.4 Å². The van der Waals surface area contributed by atoms with Gasteiger partial charge >= 0.3 is 39.5 Å². The average molecular weight is 1580 g/mol. The van der Waals surface area contributed by atoms with Crippen LogP contribution in [0.4, 0.5) is 0 Å². The van der Waals surface area contributed by atoms with Gasteiger partial charge in [-0.25, -0.2) is 9.13 Å². The van der Waals surface area contributed by atoms with Crippen LogP contribution in [-0.4, -0.2) is 96.7 Å². The summed E-state index contributed by atoms with van der Waals surface area (Å²) >= 11 is 0. The Morgan fingerprint density at radius 1 is 0.255 bits per heavy atom. The number of hydrogen-bond acceptors (Lipinski definition) is 15. The number of esters is 4. The quantitative estimate of drug-likeness (QED) is 0.0169. The standard InChI is InChI=1S/C91H148O17P2/c1-5-9-13-17-21-25-29-33-37-40-42-45-48-51-55-59-63-67-71-75-88(93)101-81-86(107-90(95)77-73-69-65-61-57-53-47-36-32-28-24-20-16-12-8-4)83-105-109(97,98)103-79-85(92)80-104-110(99,100)106-84-87(108-91(96)78-74-70-66-62-58-54-50-44-39-35-31-27-23-19-15-11-7-3)82-102-89(94)76-72-68-64-60-56-52-49-46-43-41-38-34-30-26-22-18-14-10-6-2/h21-23,25-27,33-39,42-43,45-47,50-52,54-56,62-64,66-68,85-87,92H,5-20,24,28-32,40-41,44,48-49,53,57-61,65,69-84H2,1-4H3,(H,97,98)(H,99,100)/b25-21-,26-22-,27-23-,37-33-,38-34-,39-35-,45-42-,46-43-,47-36-,54-50-,55-51-,56-52-,66-62-,67-63-,68-64-/t85-,86+,87+/m0/s1. The SMILES string of the molecule is CCCCC/C=C\C/C=C\C/C=C\C/C=C\C/C=C\CCC(=O)OC[C@H](COP(=O)(O)OC[C@@H](O)COP(=O)(O)OC[C@@H](COC(=O)CC/C=C\C/C=C\C/C=C\C/C=C\C/C=C\CCCCC)OC(=O)CCCCCCC/C=C\CCCCCCCC)OC(=O)CCC/C=C\C/C=C\C/C=C\C/C=C\CCCCC. The monoisotopic (exact) mass is 1580 g/mol. The molecule has 19 heteroatoms. The second kappa shape index (κ2) is 81.2. The van der Waals surface area contributed by atoms with E-state index in [1.54, 1.807) is 0 Å². The lowest BCUT2D eigenvalue weighted by Gasteiger charge is -2.21. The zero-order chi connectivity index (χ0) is 80.3. The molecule has 0 heterocycles. The highest BCUT2D eigenvalue weighted by Gasteiger charge is 2.30. The van der Waals surface area contributed by atoms with E-state index in [1.165, 1.54) is 96.3 Å². The number of carbonyl (C=O) groups excluding carboxylic acids is 4. The molecule has 2 unspecified atom stereocenters. The fraction of sp³-hybridized carbons (Fsp3) is 0.626. The molecule has 0 spiro atoms. The number of aliphatic hydroxyl groups is 1. The fourth-order valence-corrected chi connectivity index (χ4v) is 12.0. The Kier molecular flexibility index (Phi) is 76.9. The zero-order valence-corrected chi connectivity index (χ0v) is 70.1. The van der Waals surface area contributed by atoms with E-state index in [0.717, 1.165) is 116 Å². The van der Waals surface area contributed by atoms with E-state index in [1.807, 2.05) is 48.6 Å². The summed E-state index contributed by atoms with van der Waals surface area (Å²) in [5.41, 5.74) is 0. The Morgan fingerprint density at radius 2 is 0.473 bits per heavy atom. The molecule has 0 rings (SSSR count). The van der Waals surface area contributed by atoms with Crippen molar-refractivity contribution in [1.29, 1.82) is 0 Å². The first-order valence-corrected chi connectivity index (χ1v) is 45.0. The minimum absolute atomic E-state index is 0.00491. The van der Waals surface area contributed by atoms with Crippen molar-refractivity contribution < 1.29 is 80.2 Å². The molecule has 5 atom stereocenters. The predicted octanol–water partition coefficient (Wildman–Crippen LogP) is 25.1. The fourth-order valence-electron chi connectivity index (χ4n) is 10.4. The number of carbonyl (C=O) groups is 4. The Morgan fingerprint density at radius 3 is 0.782 bits per heavy atom. The van der Waals surface area contributed by atoms with E-state index in [4.69, 9.17) is 37.0 Å². The van der Waals surface area contributed by atoms with Gasteiger partial charge in [-0.2, -0.15) is 0 Å². The van der Waals surface area contributed by atoms with Crippen LogP contribution in [0.5, 0.6) is 0 Å². The van der Waals surface area contributed by atoms with Crippen LogP contribution in [0.1, 0.15) is 310 Å². The van der Waals surface area contributed by atoms with Gasteiger partial charge in [0.2, 0.25) is 0 Å². The highest BCUT2D eigenvalue weighted by Crippen LogP contribution is 2.45. The molecule has 0 bridgehead atoms. The summed E-state index contributed by atoms with van der Waals surface area (Å²) in [6, 6.07) is 0. The summed E-state index contributed by atoms with van der Waals surface area (Å²) < 4.78 is 68.5. The van der Waals surface area contributed by atoms with Crippen LogP contribution in [0.25, 0.3) is 0 Å². The van der Waals surface area contributed by atoms with Crippen molar-refractivity contribution in [2.45, 2.75) is 329 Å². The molecular weight excluding hydrogens is 1430 g/mol. The molecule has 0 aliphatic carbocycles. The smallest absolute Gasteiger partial charge is 0.462 e. The van der Waals surface area contributed by atoms with Gasteiger partial charge < -0.3 is 33.8 Å². The summed E-state index contributed by atoms with van der Waals surface area (Å²) in [7, 11) is -10.0. The molecule has 0 radical (unpaired) electrons. The summed E-state index contributed by atoms with van der Waals surface area (Å²) in [5.74, 6) is -2.46. The van der Waals surface area contributed by atoms with Crippen molar-refractivity contribution in [3.8, 4) is 0 Å². The lowest BCUT2D eigenvalue weighted by atomic mass is 10.1. The van der Waals surface area contributed by atoms with Gasteiger partial charge in [-0.1, -0.05) is 300 Å². The molecule has 0 aromatic heterocycles. The van der Waals surface area contributed by atoms with Gasteiger partial charge in [0.1, 0.15) is 19.3 Å². The first kappa shape index (κ1) is 104. The van der Waals surface area contributed by atoms with Crippen molar-refractivity contribution in [2.75, 3.05) is 39.6 Å². The van der Waals surface area contributed by atoms with E-state index in [2.05, 4.69) is 161 Å². The highest BCUT2D eigenvalue weighted by molar-refractivity contribution is 7.47. The predicted molar refractivity (Wildman–Crippen MR) is 454 cm³/mol. The number of ether oxygens (including phenoxy) is 4. The summed E-state index contributed by atoms with van der Waals surface area (Å²) in [6.45, 7) is 4.54. The highest BCUT2D eigenvalue weighted by atomic mass is 31.2. The number of aliphatic hydroxyl groups excluding tert-OH is 1. The van der Waals surface area contributed by atoms with Crippen LogP contribution in [0, 0.1) is 0 Å². The Bertz CT molecular complexity index is 2800. The Labute approximate surface area is 666 Å². The first-order valence-electron chi connectivity index (χ1n) is 42.0. The minimum atomic E-state index is -5.03. The molecule has 0 saturated heterocycles. The lowest BCUT2D eigenvalue weighted by Crippen LogP contribution is -2.30. The van der Waals surface area contributed by atoms with Crippen LogP contribution in [0.15, 0.2) is 182 Å². The molecule has 0 aliphatic rings. The van der Waals surface area contributed by atoms with Crippen LogP contribution in [-0.2, 0) is 65.4 Å². The second-order valence-corrected chi connectivity index (χ2v) is 30.3. The van der Waals surface area contributed by atoms with Gasteiger partial charge in [0, 0.05) is 25.7 Å². The maximum Gasteiger partial charge on any atom is 0.472 e. The van der Waals surface area contributed by atoms with Crippen molar-refractivity contribution in [2.24, 2.45) is 0 Å². The van der Waals surface area contributed by atoms with Gasteiger partial charge in [0.15, 0.2) is 12.2 Å². The van der Waals surface area contributed by atoms with E-state index in [-0.39, 0.29) is 25.7 Å². The summed E-state index contributed by atoms with van der Waals surface area (Å²) in [5, 5.41) is 10.7. The van der Waals surface area contributed by atoms with Gasteiger partial charge in [-0.05, 0) is 167 Å². The van der Waals surface area contributed by atoms with E-state index in [9.17, 15) is 43.2 Å². The molecule has 0 saturated carbocycles. The molecular formula is C91H148O17P2. The Hall–Kier alpha value is -5.84. The van der Waals surface area contributed by atoms with E-state index >= 15 is 0 Å².